The molecule has 0 aliphatic heterocycles. The number of carboxylic acids is 1. The van der Waals surface area contributed by atoms with Crippen molar-refractivity contribution in [3.63, 3.8) is 0 Å². The fraction of sp³-hybridized carbons (Fsp3) is 0.391. The molecule has 2 aromatic carbocycles. The van der Waals surface area contributed by atoms with Crippen molar-refractivity contribution in [3.8, 4) is 0 Å². The van der Waals surface area contributed by atoms with Crippen molar-refractivity contribution in [3.05, 3.63) is 71.3 Å². The molecule has 27 heavy (non-hydrogen) atoms. The van der Waals surface area contributed by atoms with Crippen LogP contribution in [0.4, 0.5) is 0 Å². The largest absolute Gasteiger partial charge is 0.481 e. The van der Waals surface area contributed by atoms with Gasteiger partial charge in [-0.3, -0.25) is 9.59 Å². The van der Waals surface area contributed by atoms with E-state index >= 15 is 0 Å². The highest BCUT2D eigenvalue weighted by molar-refractivity contribution is 5.77. The molecule has 4 heteroatoms. The first-order chi connectivity index (χ1) is 12.8. The van der Waals surface area contributed by atoms with Gasteiger partial charge in [0.05, 0.1) is 12.5 Å². The molecule has 0 aliphatic rings. The monoisotopic (exact) mass is 367 g/mol. The van der Waals surface area contributed by atoms with Gasteiger partial charge >= 0.3 is 5.97 Å². The van der Waals surface area contributed by atoms with Crippen LogP contribution >= 0.6 is 0 Å². The lowest BCUT2D eigenvalue weighted by Gasteiger charge is -2.22. The minimum absolute atomic E-state index is 0.0293. The molecular formula is C23H29NO3. The van der Waals surface area contributed by atoms with E-state index in [0.717, 1.165) is 18.4 Å². The van der Waals surface area contributed by atoms with Crippen LogP contribution in [0.1, 0.15) is 62.8 Å². The number of carboxylic acid groups (broad SMARTS) is 1. The Morgan fingerprint density at radius 2 is 1.63 bits per heavy atom. The first-order valence-electron chi connectivity index (χ1n) is 9.41. The smallest absolute Gasteiger partial charge is 0.305 e. The van der Waals surface area contributed by atoms with Crippen LogP contribution in [-0.4, -0.2) is 17.0 Å². The van der Waals surface area contributed by atoms with Gasteiger partial charge in [-0.1, -0.05) is 75.4 Å². The van der Waals surface area contributed by atoms with Crippen molar-refractivity contribution in [1.82, 2.24) is 5.32 Å². The van der Waals surface area contributed by atoms with E-state index < -0.39 is 12.0 Å². The molecule has 0 bridgehead atoms. The summed E-state index contributed by atoms with van der Waals surface area (Å²) in [6.07, 6.45) is 1.82. The van der Waals surface area contributed by atoms with Gasteiger partial charge in [0.15, 0.2) is 0 Å². The Morgan fingerprint density at radius 3 is 2.19 bits per heavy atom. The van der Waals surface area contributed by atoms with Crippen molar-refractivity contribution in [2.45, 2.75) is 57.9 Å². The van der Waals surface area contributed by atoms with Crippen molar-refractivity contribution in [1.29, 1.82) is 0 Å². The third kappa shape index (κ3) is 6.89. The zero-order chi connectivity index (χ0) is 19.9. The van der Waals surface area contributed by atoms with Gasteiger partial charge in [0.25, 0.3) is 0 Å². The van der Waals surface area contributed by atoms with Crippen LogP contribution in [0, 0.1) is 0 Å². The molecule has 144 valence electrons. The Balaban J connectivity index is 1.97. The molecule has 0 radical (unpaired) electrons. The predicted molar refractivity (Wildman–Crippen MR) is 108 cm³/mol. The molecule has 0 aliphatic carbocycles. The van der Waals surface area contributed by atoms with Gasteiger partial charge in [0, 0.05) is 6.42 Å². The maximum absolute atomic E-state index is 12.3. The molecule has 0 saturated heterocycles. The zero-order valence-corrected chi connectivity index (χ0v) is 16.4. The minimum Gasteiger partial charge on any atom is -0.481 e. The fourth-order valence-corrected chi connectivity index (χ4v) is 3.01. The van der Waals surface area contributed by atoms with Crippen LogP contribution in [0.2, 0.25) is 0 Å². The van der Waals surface area contributed by atoms with Gasteiger partial charge in [-0.05, 0) is 34.9 Å². The molecule has 0 fully saturated rings. The molecule has 0 spiro atoms. The average Bonchev–Trinajstić information content (AvgIpc) is 2.61. The summed E-state index contributed by atoms with van der Waals surface area (Å²) in [6.45, 7) is 6.39. The highest BCUT2D eigenvalue weighted by atomic mass is 16.4. The lowest BCUT2D eigenvalue weighted by molar-refractivity contribution is -0.137. The maximum Gasteiger partial charge on any atom is 0.305 e. The number of benzene rings is 2. The second kappa shape index (κ2) is 9.36. The number of rotatable bonds is 8. The summed E-state index contributed by atoms with van der Waals surface area (Å²) in [4.78, 5) is 23.6. The van der Waals surface area contributed by atoms with E-state index in [-0.39, 0.29) is 17.7 Å². The van der Waals surface area contributed by atoms with Gasteiger partial charge in [0.1, 0.15) is 0 Å². The van der Waals surface area contributed by atoms with Crippen LogP contribution in [0.5, 0.6) is 0 Å². The number of amides is 1. The number of nitrogens with one attached hydrogen (secondary N) is 1. The number of carbonyl (C=O) groups excluding carboxylic acids is 1. The van der Waals surface area contributed by atoms with E-state index in [0.29, 0.717) is 6.42 Å². The van der Waals surface area contributed by atoms with E-state index in [1.54, 1.807) is 0 Å². The number of carbonyl (C=O) groups is 2. The first kappa shape index (κ1) is 20.7. The van der Waals surface area contributed by atoms with Crippen LogP contribution in [-0.2, 0) is 21.4 Å². The quantitative estimate of drug-likeness (QED) is 0.714. The molecule has 4 nitrogen and oxygen atoms in total. The van der Waals surface area contributed by atoms with Crippen molar-refractivity contribution < 1.29 is 14.7 Å². The van der Waals surface area contributed by atoms with Crippen molar-refractivity contribution in [2.24, 2.45) is 0 Å². The summed E-state index contributed by atoms with van der Waals surface area (Å²) in [6, 6.07) is 17.4. The first-order valence-corrected chi connectivity index (χ1v) is 9.41. The van der Waals surface area contributed by atoms with E-state index in [1.807, 2.05) is 54.6 Å². The summed E-state index contributed by atoms with van der Waals surface area (Å²) in [5.41, 5.74) is 3.23. The third-order valence-electron chi connectivity index (χ3n) is 4.61. The van der Waals surface area contributed by atoms with Crippen LogP contribution in [0.3, 0.4) is 0 Å². The summed E-state index contributed by atoms with van der Waals surface area (Å²) < 4.78 is 0. The Labute approximate surface area is 161 Å². The Hall–Kier alpha value is -2.62. The summed E-state index contributed by atoms with van der Waals surface area (Å²) >= 11 is 0. The van der Waals surface area contributed by atoms with E-state index in [2.05, 4.69) is 26.1 Å². The zero-order valence-electron chi connectivity index (χ0n) is 16.4. The highest BCUT2D eigenvalue weighted by Gasteiger charge is 2.19. The van der Waals surface area contributed by atoms with Gasteiger partial charge < -0.3 is 10.4 Å². The summed E-state index contributed by atoms with van der Waals surface area (Å²) in [5, 5.41) is 12.1. The lowest BCUT2D eigenvalue weighted by atomic mass is 9.86. The van der Waals surface area contributed by atoms with E-state index in [4.69, 9.17) is 0 Å². The molecule has 0 unspecified atom stereocenters. The topological polar surface area (TPSA) is 66.4 Å². The average molecular weight is 367 g/mol. The van der Waals surface area contributed by atoms with Crippen molar-refractivity contribution >= 4 is 11.9 Å². The second-order valence-electron chi connectivity index (χ2n) is 7.93. The van der Waals surface area contributed by atoms with E-state index in [1.165, 1.54) is 11.1 Å². The molecule has 0 heterocycles. The highest BCUT2D eigenvalue weighted by Crippen LogP contribution is 2.25. The second-order valence-corrected chi connectivity index (χ2v) is 7.93. The third-order valence-corrected chi connectivity index (χ3v) is 4.61. The van der Waals surface area contributed by atoms with Gasteiger partial charge in [-0.2, -0.15) is 0 Å². The molecule has 0 saturated carbocycles. The molecule has 1 amide bonds. The molecule has 1 atom stereocenters. The standard InChI is InChI=1S/C23H29NO3/c1-23(2,3)19-14-12-18(13-15-19)20(16-22(26)27)24-21(25)11-7-10-17-8-5-4-6-9-17/h4-6,8-9,12-15,20H,7,10-11,16H2,1-3H3,(H,24,25)(H,26,27)/t20-/m0/s1. The lowest BCUT2D eigenvalue weighted by Crippen LogP contribution is -2.30. The van der Waals surface area contributed by atoms with E-state index in [9.17, 15) is 14.7 Å². The molecule has 2 aromatic rings. The van der Waals surface area contributed by atoms with Gasteiger partial charge in [0.2, 0.25) is 5.91 Å². The maximum atomic E-state index is 12.3. The fourth-order valence-electron chi connectivity index (χ4n) is 3.01. The minimum atomic E-state index is -0.926. The number of hydrogen-bond acceptors (Lipinski definition) is 2. The summed E-state index contributed by atoms with van der Waals surface area (Å²) in [7, 11) is 0. The predicted octanol–water partition coefficient (Wildman–Crippen LogP) is 4.64. The SMILES string of the molecule is CC(C)(C)c1ccc([C@H](CC(=O)O)NC(=O)CCCc2ccccc2)cc1. The number of hydrogen-bond donors (Lipinski definition) is 2. The number of aliphatic carboxylic acids is 1. The molecule has 2 rings (SSSR count). The van der Waals surface area contributed by atoms with Gasteiger partial charge in [-0.25, -0.2) is 0 Å². The van der Waals surface area contributed by atoms with Gasteiger partial charge in [-0.15, -0.1) is 0 Å². The Bertz CT molecular complexity index is 745. The molecular weight excluding hydrogens is 338 g/mol. The Kier molecular flexibility index (Phi) is 7.17. The Morgan fingerprint density at radius 1 is 1.00 bits per heavy atom. The van der Waals surface area contributed by atoms with Crippen molar-refractivity contribution in [2.75, 3.05) is 0 Å². The molecule has 2 N–H and O–H groups in total. The molecule has 0 aromatic heterocycles. The summed E-state index contributed by atoms with van der Waals surface area (Å²) in [5.74, 6) is -1.04. The number of aryl methyl sites for hydroxylation is 1. The normalized spacial score (nSPS) is 12.4. The van der Waals surface area contributed by atoms with Crippen LogP contribution < -0.4 is 5.32 Å². The van der Waals surface area contributed by atoms with Crippen LogP contribution in [0.25, 0.3) is 0 Å². The van der Waals surface area contributed by atoms with Crippen LogP contribution in [0.15, 0.2) is 54.6 Å².